The topological polar surface area (TPSA) is 30.7 Å². The number of hydrogen-bond acceptors (Lipinski definition) is 3. The second-order valence-corrected chi connectivity index (χ2v) is 4.32. The third-order valence-corrected chi connectivity index (χ3v) is 3.35. The van der Waals surface area contributed by atoms with E-state index in [2.05, 4.69) is 16.0 Å². The van der Waals surface area contributed by atoms with E-state index in [0.29, 0.717) is 0 Å². The van der Waals surface area contributed by atoms with Crippen molar-refractivity contribution in [3.05, 3.63) is 42.5 Å². The van der Waals surface area contributed by atoms with E-state index in [0.717, 1.165) is 16.5 Å². The van der Waals surface area contributed by atoms with Gasteiger partial charge in [-0.3, -0.25) is 4.57 Å². The highest BCUT2D eigenvalue weighted by Crippen LogP contribution is 2.24. The summed E-state index contributed by atoms with van der Waals surface area (Å²) in [5, 5.41) is 0.978. The Hall–Kier alpha value is -1.68. The van der Waals surface area contributed by atoms with Gasteiger partial charge in [0, 0.05) is 12.4 Å². The Morgan fingerprint density at radius 3 is 2.87 bits per heavy atom. The molecule has 0 atom stereocenters. The first-order valence-electron chi connectivity index (χ1n) is 4.70. The summed E-state index contributed by atoms with van der Waals surface area (Å²) in [6.07, 6.45) is 3.73. The van der Waals surface area contributed by atoms with Gasteiger partial charge >= 0.3 is 0 Å². The van der Waals surface area contributed by atoms with Gasteiger partial charge in [0.15, 0.2) is 5.13 Å². The lowest BCUT2D eigenvalue weighted by atomic mass is 10.3. The van der Waals surface area contributed by atoms with Crippen LogP contribution in [0.2, 0.25) is 0 Å². The molecule has 0 aliphatic heterocycles. The fourth-order valence-corrected chi connectivity index (χ4v) is 2.54. The van der Waals surface area contributed by atoms with Crippen molar-refractivity contribution < 1.29 is 0 Å². The molecule has 0 bridgehead atoms. The highest BCUT2D eigenvalue weighted by Gasteiger charge is 2.06. The number of nitrogens with zero attached hydrogens (tertiary/aromatic N) is 3. The molecule has 0 saturated heterocycles. The van der Waals surface area contributed by atoms with Gasteiger partial charge in [-0.05, 0) is 19.1 Å². The SMILES string of the molecule is Cc1nccn1-c1nc2ccccc2s1. The quantitative estimate of drug-likeness (QED) is 0.625. The summed E-state index contributed by atoms with van der Waals surface area (Å²) in [6, 6.07) is 8.15. The fraction of sp³-hybridized carbons (Fsp3) is 0.0909. The molecule has 0 unspecified atom stereocenters. The molecular formula is C11H9N3S. The number of hydrogen-bond donors (Lipinski definition) is 0. The first-order valence-corrected chi connectivity index (χ1v) is 5.52. The molecular weight excluding hydrogens is 206 g/mol. The molecule has 2 heterocycles. The van der Waals surface area contributed by atoms with Crippen LogP contribution in [0.3, 0.4) is 0 Å². The van der Waals surface area contributed by atoms with Crippen molar-refractivity contribution in [1.29, 1.82) is 0 Å². The largest absolute Gasteiger partial charge is 0.279 e. The molecule has 0 amide bonds. The normalized spacial score (nSPS) is 11.0. The first-order chi connectivity index (χ1) is 7.34. The molecule has 0 spiro atoms. The van der Waals surface area contributed by atoms with Gasteiger partial charge < -0.3 is 0 Å². The van der Waals surface area contributed by atoms with Gasteiger partial charge in [0.25, 0.3) is 0 Å². The van der Waals surface area contributed by atoms with E-state index in [-0.39, 0.29) is 0 Å². The van der Waals surface area contributed by atoms with Gasteiger partial charge in [-0.15, -0.1) is 0 Å². The monoisotopic (exact) mass is 215 g/mol. The van der Waals surface area contributed by atoms with E-state index >= 15 is 0 Å². The summed E-state index contributed by atoms with van der Waals surface area (Å²) in [5.74, 6) is 0.967. The van der Waals surface area contributed by atoms with Gasteiger partial charge in [-0.2, -0.15) is 0 Å². The van der Waals surface area contributed by atoms with Crippen molar-refractivity contribution >= 4 is 21.6 Å². The van der Waals surface area contributed by atoms with E-state index < -0.39 is 0 Å². The summed E-state index contributed by atoms with van der Waals surface area (Å²) in [7, 11) is 0. The molecule has 4 heteroatoms. The number of imidazole rings is 1. The van der Waals surface area contributed by atoms with E-state index in [1.54, 1.807) is 17.5 Å². The average molecular weight is 215 g/mol. The minimum Gasteiger partial charge on any atom is -0.279 e. The Morgan fingerprint density at radius 2 is 2.13 bits per heavy atom. The van der Waals surface area contributed by atoms with Crippen LogP contribution < -0.4 is 0 Å². The average Bonchev–Trinajstić information content (AvgIpc) is 2.82. The number of aromatic nitrogens is 3. The van der Waals surface area contributed by atoms with E-state index in [1.165, 1.54) is 4.70 Å². The second kappa shape index (κ2) is 3.17. The van der Waals surface area contributed by atoms with Crippen molar-refractivity contribution in [3.63, 3.8) is 0 Å². The molecule has 0 aliphatic carbocycles. The zero-order chi connectivity index (χ0) is 10.3. The van der Waals surface area contributed by atoms with Crippen LogP contribution in [0, 0.1) is 6.92 Å². The van der Waals surface area contributed by atoms with Crippen LogP contribution in [0.1, 0.15) is 5.82 Å². The minimum atomic E-state index is 0.967. The van der Waals surface area contributed by atoms with Gasteiger partial charge in [-0.1, -0.05) is 23.5 Å². The third kappa shape index (κ3) is 1.34. The molecule has 3 aromatic rings. The minimum absolute atomic E-state index is 0.967. The Bertz CT molecular complexity index is 576. The molecule has 3 rings (SSSR count). The maximum Gasteiger partial charge on any atom is 0.196 e. The van der Waals surface area contributed by atoms with Crippen LogP contribution in [-0.4, -0.2) is 14.5 Å². The van der Waals surface area contributed by atoms with Gasteiger partial charge in [0.05, 0.1) is 10.2 Å². The van der Waals surface area contributed by atoms with Crippen molar-refractivity contribution in [3.8, 4) is 5.13 Å². The number of benzene rings is 1. The van der Waals surface area contributed by atoms with Gasteiger partial charge in [0.1, 0.15) is 5.82 Å². The Morgan fingerprint density at radius 1 is 1.27 bits per heavy atom. The Labute approximate surface area is 91.0 Å². The molecule has 2 aromatic heterocycles. The Balaban J connectivity index is 2.24. The molecule has 74 valence electrons. The summed E-state index contributed by atoms with van der Waals surface area (Å²) in [4.78, 5) is 8.75. The van der Waals surface area contributed by atoms with Gasteiger partial charge in [-0.25, -0.2) is 9.97 Å². The number of aryl methyl sites for hydroxylation is 1. The summed E-state index contributed by atoms with van der Waals surface area (Å²) >= 11 is 1.68. The molecule has 0 radical (unpaired) electrons. The fourth-order valence-electron chi connectivity index (χ4n) is 1.54. The maximum absolute atomic E-state index is 4.56. The standard InChI is InChI=1S/C11H9N3S/c1-8-12-6-7-14(8)11-13-9-4-2-3-5-10(9)15-11/h2-7H,1H3. The lowest BCUT2D eigenvalue weighted by molar-refractivity contribution is 0.964. The van der Waals surface area contributed by atoms with Crippen molar-refractivity contribution in [2.45, 2.75) is 6.92 Å². The molecule has 15 heavy (non-hydrogen) atoms. The zero-order valence-electron chi connectivity index (χ0n) is 8.21. The highest BCUT2D eigenvalue weighted by molar-refractivity contribution is 7.20. The lowest BCUT2D eigenvalue weighted by Gasteiger charge is -1.96. The summed E-state index contributed by atoms with van der Waals surface area (Å²) < 4.78 is 3.21. The predicted molar refractivity (Wildman–Crippen MR) is 61.5 cm³/mol. The number of para-hydroxylation sites is 1. The summed E-state index contributed by atoms with van der Waals surface area (Å²) in [6.45, 7) is 1.98. The zero-order valence-corrected chi connectivity index (χ0v) is 9.03. The Kier molecular flexibility index (Phi) is 1.82. The predicted octanol–water partition coefficient (Wildman–Crippen LogP) is 2.79. The van der Waals surface area contributed by atoms with Crippen LogP contribution in [0.5, 0.6) is 0 Å². The second-order valence-electron chi connectivity index (χ2n) is 3.31. The van der Waals surface area contributed by atoms with Gasteiger partial charge in [0.2, 0.25) is 0 Å². The van der Waals surface area contributed by atoms with Crippen molar-refractivity contribution in [2.75, 3.05) is 0 Å². The number of fused-ring (bicyclic) bond motifs is 1. The highest BCUT2D eigenvalue weighted by atomic mass is 32.1. The molecule has 1 aromatic carbocycles. The van der Waals surface area contributed by atoms with Crippen molar-refractivity contribution in [1.82, 2.24) is 14.5 Å². The molecule has 0 fully saturated rings. The molecule has 0 saturated carbocycles. The van der Waals surface area contributed by atoms with Crippen LogP contribution in [0.25, 0.3) is 15.3 Å². The molecule has 0 aliphatic rings. The summed E-state index contributed by atoms with van der Waals surface area (Å²) in [5.41, 5.74) is 1.05. The van der Waals surface area contributed by atoms with E-state index in [1.807, 2.05) is 35.9 Å². The number of rotatable bonds is 1. The molecule has 0 N–H and O–H groups in total. The van der Waals surface area contributed by atoms with Crippen LogP contribution in [-0.2, 0) is 0 Å². The van der Waals surface area contributed by atoms with Crippen LogP contribution in [0.4, 0.5) is 0 Å². The smallest absolute Gasteiger partial charge is 0.196 e. The third-order valence-electron chi connectivity index (χ3n) is 2.31. The van der Waals surface area contributed by atoms with Crippen LogP contribution in [0.15, 0.2) is 36.7 Å². The van der Waals surface area contributed by atoms with Crippen LogP contribution >= 0.6 is 11.3 Å². The lowest BCUT2D eigenvalue weighted by Crippen LogP contribution is -1.93. The van der Waals surface area contributed by atoms with E-state index in [4.69, 9.17) is 0 Å². The van der Waals surface area contributed by atoms with E-state index in [9.17, 15) is 0 Å². The van der Waals surface area contributed by atoms with Crippen molar-refractivity contribution in [2.24, 2.45) is 0 Å². The first kappa shape index (κ1) is 8.61. The maximum atomic E-state index is 4.56. The number of thiazole rings is 1. The molecule has 3 nitrogen and oxygen atoms in total.